The van der Waals surface area contributed by atoms with E-state index in [1.54, 1.807) is 11.1 Å². The van der Waals surface area contributed by atoms with Gasteiger partial charge in [-0.1, -0.05) is 52.8 Å². The lowest BCUT2D eigenvalue weighted by molar-refractivity contribution is 0.434. The van der Waals surface area contributed by atoms with Crippen LogP contribution in [-0.4, -0.2) is 6.54 Å². The molecular weight excluding hydrogens is 218 g/mol. The molecule has 1 N–H and O–H groups in total. The molecule has 0 aliphatic heterocycles. The van der Waals surface area contributed by atoms with Crippen LogP contribution in [0.1, 0.15) is 63.8 Å². The van der Waals surface area contributed by atoms with Gasteiger partial charge in [-0.25, -0.2) is 0 Å². The van der Waals surface area contributed by atoms with Crippen LogP contribution >= 0.6 is 0 Å². The summed E-state index contributed by atoms with van der Waals surface area (Å²) in [6.07, 6.45) is 2.41. The van der Waals surface area contributed by atoms with Crippen LogP contribution in [0, 0.1) is 5.92 Å². The molecule has 0 saturated heterocycles. The standard InChI is InChI=1S/C17H27N/c1-6-18-16-11-17(4,5)15-8-7-13(9-12(2)3)10-14(15)16/h7-8,10,12,16,18H,6,9,11H2,1-5H3. The SMILES string of the molecule is CCNC1CC(C)(C)c2ccc(CC(C)C)cc21. The smallest absolute Gasteiger partial charge is 0.0331 e. The van der Waals surface area contributed by atoms with Gasteiger partial charge in [-0.15, -0.1) is 0 Å². The second kappa shape index (κ2) is 5.05. The summed E-state index contributed by atoms with van der Waals surface area (Å²) >= 11 is 0. The van der Waals surface area contributed by atoms with Crippen molar-refractivity contribution in [1.29, 1.82) is 0 Å². The third-order valence-electron chi connectivity index (χ3n) is 4.03. The van der Waals surface area contributed by atoms with Crippen molar-refractivity contribution in [1.82, 2.24) is 5.32 Å². The summed E-state index contributed by atoms with van der Waals surface area (Å²) in [4.78, 5) is 0. The molecule has 1 aromatic carbocycles. The second-order valence-corrected chi connectivity index (χ2v) is 6.72. The van der Waals surface area contributed by atoms with Gasteiger partial charge in [-0.3, -0.25) is 0 Å². The Kier molecular flexibility index (Phi) is 3.82. The Morgan fingerprint density at radius 3 is 2.67 bits per heavy atom. The predicted molar refractivity (Wildman–Crippen MR) is 79.0 cm³/mol. The maximum Gasteiger partial charge on any atom is 0.0331 e. The third kappa shape index (κ3) is 2.61. The van der Waals surface area contributed by atoms with E-state index < -0.39 is 0 Å². The van der Waals surface area contributed by atoms with Gasteiger partial charge in [0.15, 0.2) is 0 Å². The monoisotopic (exact) mass is 245 g/mol. The summed E-state index contributed by atoms with van der Waals surface area (Å²) in [5.41, 5.74) is 4.89. The molecule has 1 aliphatic rings. The number of fused-ring (bicyclic) bond motifs is 1. The summed E-state index contributed by atoms with van der Waals surface area (Å²) in [6, 6.07) is 7.68. The minimum Gasteiger partial charge on any atom is -0.310 e. The zero-order valence-electron chi connectivity index (χ0n) is 12.5. The second-order valence-electron chi connectivity index (χ2n) is 6.72. The third-order valence-corrected chi connectivity index (χ3v) is 4.03. The molecule has 0 amide bonds. The van der Waals surface area contributed by atoms with E-state index >= 15 is 0 Å². The number of hydrogen-bond acceptors (Lipinski definition) is 1. The van der Waals surface area contributed by atoms with E-state index in [1.165, 1.54) is 18.4 Å². The molecule has 0 aromatic heterocycles. The first kappa shape index (κ1) is 13.6. The van der Waals surface area contributed by atoms with Gasteiger partial charge in [0.2, 0.25) is 0 Å². The first-order valence-corrected chi connectivity index (χ1v) is 7.30. The van der Waals surface area contributed by atoms with Crippen LogP contribution in [0.3, 0.4) is 0 Å². The molecule has 18 heavy (non-hydrogen) atoms. The Morgan fingerprint density at radius 1 is 1.33 bits per heavy atom. The van der Waals surface area contributed by atoms with Gasteiger partial charge < -0.3 is 5.32 Å². The van der Waals surface area contributed by atoms with Crippen LogP contribution in [-0.2, 0) is 11.8 Å². The van der Waals surface area contributed by atoms with Gasteiger partial charge in [-0.05, 0) is 47.4 Å². The summed E-state index contributed by atoms with van der Waals surface area (Å²) in [7, 11) is 0. The fraction of sp³-hybridized carbons (Fsp3) is 0.647. The van der Waals surface area contributed by atoms with Crippen molar-refractivity contribution in [3.8, 4) is 0 Å². The summed E-state index contributed by atoms with van der Waals surface area (Å²) in [5, 5.41) is 3.64. The highest BCUT2D eigenvalue weighted by atomic mass is 14.9. The minimum absolute atomic E-state index is 0.318. The lowest BCUT2D eigenvalue weighted by atomic mass is 9.86. The van der Waals surface area contributed by atoms with Gasteiger partial charge in [0.05, 0.1) is 0 Å². The highest BCUT2D eigenvalue weighted by Crippen LogP contribution is 2.44. The van der Waals surface area contributed by atoms with Crippen molar-refractivity contribution in [3.63, 3.8) is 0 Å². The van der Waals surface area contributed by atoms with Crippen molar-refractivity contribution < 1.29 is 0 Å². The van der Waals surface area contributed by atoms with Gasteiger partial charge in [-0.2, -0.15) is 0 Å². The van der Waals surface area contributed by atoms with Gasteiger partial charge in [0, 0.05) is 6.04 Å². The molecule has 1 nitrogen and oxygen atoms in total. The minimum atomic E-state index is 0.318. The van der Waals surface area contributed by atoms with Crippen LogP contribution in [0.25, 0.3) is 0 Å². The van der Waals surface area contributed by atoms with E-state index in [0.29, 0.717) is 11.5 Å². The quantitative estimate of drug-likeness (QED) is 0.837. The van der Waals surface area contributed by atoms with Crippen molar-refractivity contribution in [2.45, 2.75) is 58.9 Å². The van der Waals surface area contributed by atoms with Gasteiger partial charge in [0.25, 0.3) is 0 Å². The lowest BCUT2D eigenvalue weighted by Gasteiger charge is -2.19. The molecule has 1 aromatic rings. The van der Waals surface area contributed by atoms with Crippen LogP contribution in [0.4, 0.5) is 0 Å². The van der Waals surface area contributed by atoms with E-state index in [4.69, 9.17) is 0 Å². The Morgan fingerprint density at radius 2 is 2.06 bits per heavy atom. The van der Waals surface area contributed by atoms with E-state index in [0.717, 1.165) is 12.5 Å². The van der Waals surface area contributed by atoms with Crippen LogP contribution in [0.5, 0.6) is 0 Å². The zero-order chi connectivity index (χ0) is 13.3. The van der Waals surface area contributed by atoms with E-state index in [1.807, 2.05) is 0 Å². The lowest BCUT2D eigenvalue weighted by Crippen LogP contribution is -2.20. The predicted octanol–water partition coefficient (Wildman–Crippen LogP) is 4.22. The first-order valence-electron chi connectivity index (χ1n) is 7.30. The first-order chi connectivity index (χ1) is 8.44. The molecule has 1 aliphatic carbocycles. The van der Waals surface area contributed by atoms with Crippen molar-refractivity contribution >= 4 is 0 Å². The molecule has 0 radical (unpaired) electrons. The Balaban J connectivity index is 2.34. The average Bonchev–Trinajstić information content (AvgIpc) is 2.50. The number of nitrogens with one attached hydrogen (secondary N) is 1. The molecule has 0 saturated carbocycles. The molecular formula is C17H27N. The van der Waals surface area contributed by atoms with Gasteiger partial charge in [0.1, 0.15) is 0 Å². The fourth-order valence-corrected chi connectivity index (χ4v) is 3.27. The largest absolute Gasteiger partial charge is 0.310 e. The zero-order valence-corrected chi connectivity index (χ0v) is 12.5. The average molecular weight is 245 g/mol. The molecule has 0 fully saturated rings. The summed E-state index contributed by atoms with van der Waals surface area (Å²) < 4.78 is 0. The van der Waals surface area contributed by atoms with E-state index in [9.17, 15) is 0 Å². The van der Waals surface area contributed by atoms with Crippen molar-refractivity contribution in [2.75, 3.05) is 6.54 Å². The molecule has 100 valence electrons. The number of benzene rings is 1. The molecule has 1 heteroatoms. The van der Waals surface area contributed by atoms with Crippen molar-refractivity contribution in [3.05, 3.63) is 34.9 Å². The molecule has 2 rings (SSSR count). The number of hydrogen-bond donors (Lipinski definition) is 1. The molecule has 0 spiro atoms. The van der Waals surface area contributed by atoms with Crippen molar-refractivity contribution in [2.24, 2.45) is 5.92 Å². The fourth-order valence-electron chi connectivity index (χ4n) is 3.27. The van der Waals surface area contributed by atoms with Crippen LogP contribution < -0.4 is 5.32 Å². The highest BCUT2D eigenvalue weighted by Gasteiger charge is 2.36. The normalized spacial score (nSPS) is 21.3. The highest BCUT2D eigenvalue weighted by molar-refractivity contribution is 5.43. The summed E-state index contributed by atoms with van der Waals surface area (Å²) in [5.74, 6) is 0.732. The molecule has 0 bridgehead atoms. The number of rotatable bonds is 4. The Hall–Kier alpha value is -0.820. The Labute approximate surface area is 112 Å². The molecule has 0 heterocycles. The van der Waals surface area contributed by atoms with Crippen LogP contribution in [0.2, 0.25) is 0 Å². The topological polar surface area (TPSA) is 12.0 Å². The van der Waals surface area contributed by atoms with E-state index in [-0.39, 0.29) is 0 Å². The summed E-state index contributed by atoms with van der Waals surface area (Å²) in [6.45, 7) is 12.6. The van der Waals surface area contributed by atoms with Crippen LogP contribution in [0.15, 0.2) is 18.2 Å². The molecule has 1 atom stereocenters. The van der Waals surface area contributed by atoms with E-state index in [2.05, 4.69) is 58.1 Å². The Bertz CT molecular complexity index is 418. The maximum atomic E-state index is 3.64. The molecule has 1 unspecified atom stereocenters. The van der Waals surface area contributed by atoms with Gasteiger partial charge >= 0.3 is 0 Å². The maximum absolute atomic E-state index is 3.64.